The van der Waals surface area contributed by atoms with Gasteiger partial charge in [-0.05, 0) is 42.8 Å². The minimum Gasteiger partial charge on any atom is -0.346 e. The van der Waals surface area contributed by atoms with E-state index in [9.17, 15) is 4.79 Å². The minimum absolute atomic E-state index is 0.0856. The van der Waals surface area contributed by atoms with Crippen LogP contribution in [0.1, 0.15) is 28.9 Å². The Labute approximate surface area is 139 Å². The van der Waals surface area contributed by atoms with Crippen molar-refractivity contribution >= 4 is 49.4 Å². The molecular formula is C15H12Br2ClNO. The Bertz CT molecular complexity index is 608. The summed E-state index contributed by atoms with van der Waals surface area (Å²) >= 11 is 12.6. The molecule has 0 bridgehead atoms. The molecule has 1 amide bonds. The van der Waals surface area contributed by atoms with E-state index in [0.717, 1.165) is 14.5 Å². The predicted octanol–water partition coefficient (Wildman–Crippen LogP) is 5.36. The summed E-state index contributed by atoms with van der Waals surface area (Å²) in [6.07, 6.45) is 0. The van der Waals surface area contributed by atoms with Crippen LogP contribution < -0.4 is 5.32 Å². The Morgan fingerprint density at radius 2 is 1.65 bits per heavy atom. The normalized spacial score (nSPS) is 12.0. The lowest BCUT2D eigenvalue weighted by Gasteiger charge is -2.14. The second-order valence-corrected chi connectivity index (χ2v) is 6.67. The molecule has 2 aromatic carbocycles. The van der Waals surface area contributed by atoms with Crippen molar-refractivity contribution in [2.75, 3.05) is 0 Å². The third-order valence-electron chi connectivity index (χ3n) is 2.84. The van der Waals surface area contributed by atoms with Gasteiger partial charge in [-0.2, -0.15) is 0 Å². The van der Waals surface area contributed by atoms with Gasteiger partial charge < -0.3 is 5.32 Å². The molecular weight excluding hydrogens is 405 g/mol. The quantitative estimate of drug-likeness (QED) is 0.716. The van der Waals surface area contributed by atoms with Crippen molar-refractivity contribution in [2.45, 2.75) is 13.0 Å². The second-order valence-electron chi connectivity index (χ2n) is 4.40. The van der Waals surface area contributed by atoms with Gasteiger partial charge in [0, 0.05) is 19.5 Å². The predicted molar refractivity (Wildman–Crippen MR) is 89.2 cm³/mol. The molecule has 2 rings (SSSR count). The monoisotopic (exact) mass is 415 g/mol. The van der Waals surface area contributed by atoms with Gasteiger partial charge in [0.2, 0.25) is 0 Å². The Morgan fingerprint density at radius 3 is 2.20 bits per heavy atom. The van der Waals surface area contributed by atoms with E-state index in [1.165, 1.54) is 0 Å². The van der Waals surface area contributed by atoms with Crippen LogP contribution in [0.15, 0.2) is 51.4 Å². The molecule has 1 atom stereocenters. The number of nitrogens with one attached hydrogen (secondary N) is 1. The van der Waals surface area contributed by atoms with Crippen LogP contribution in [0.3, 0.4) is 0 Å². The van der Waals surface area contributed by atoms with Crippen LogP contribution in [0.25, 0.3) is 0 Å². The van der Waals surface area contributed by atoms with Crippen molar-refractivity contribution in [3.63, 3.8) is 0 Å². The highest BCUT2D eigenvalue weighted by molar-refractivity contribution is 9.11. The summed E-state index contributed by atoms with van der Waals surface area (Å²) in [5.74, 6) is -0.116. The maximum absolute atomic E-state index is 12.2. The molecule has 0 aromatic heterocycles. The van der Waals surface area contributed by atoms with Crippen molar-refractivity contribution in [3.8, 4) is 0 Å². The van der Waals surface area contributed by atoms with Crippen molar-refractivity contribution in [1.82, 2.24) is 5.32 Å². The highest BCUT2D eigenvalue weighted by Crippen LogP contribution is 2.21. The van der Waals surface area contributed by atoms with E-state index in [-0.39, 0.29) is 11.9 Å². The third kappa shape index (κ3) is 4.08. The van der Waals surface area contributed by atoms with E-state index in [1.807, 2.05) is 37.3 Å². The SMILES string of the molecule is CC(NC(=O)c1cc(Br)cc(Br)c1)c1ccc(Cl)cc1. The van der Waals surface area contributed by atoms with Crippen molar-refractivity contribution in [2.24, 2.45) is 0 Å². The Kier molecular flexibility index (Phi) is 5.24. The summed E-state index contributed by atoms with van der Waals surface area (Å²) in [5.41, 5.74) is 1.61. The fraction of sp³-hybridized carbons (Fsp3) is 0.133. The number of rotatable bonds is 3. The van der Waals surface area contributed by atoms with Crippen LogP contribution in [-0.2, 0) is 0 Å². The van der Waals surface area contributed by atoms with Crippen molar-refractivity contribution < 1.29 is 4.79 Å². The van der Waals surface area contributed by atoms with E-state index in [0.29, 0.717) is 10.6 Å². The largest absolute Gasteiger partial charge is 0.346 e. The van der Waals surface area contributed by atoms with Gasteiger partial charge in [0.05, 0.1) is 6.04 Å². The first-order valence-electron chi connectivity index (χ1n) is 5.98. The van der Waals surface area contributed by atoms with Crippen molar-refractivity contribution in [3.05, 3.63) is 67.6 Å². The van der Waals surface area contributed by atoms with Gasteiger partial charge in [-0.25, -0.2) is 0 Å². The molecule has 2 nitrogen and oxygen atoms in total. The summed E-state index contributed by atoms with van der Waals surface area (Å²) in [4.78, 5) is 12.2. The molecule has 1 N–H and O–H groups in total. The molecule has 0 aliphatic carbocycles. The molecule has 20 heavy (non-hydrogen) atoms. The summed E-state index contributed by atoms with van der Waals surface area (Å²) in [7, 11) is 0. The molecule has 0 fully saturated rings. The number of hydrogen-bond acceptors (Lipinski definition) is 1. The lowest BCUT2D eigenvalue weighted by molar-refractivity contribution is 0.0940. The summed E-state index contributed by atoms with van der Waals surface area (Å²) in [6, 6.07) is 12.8. The smallest absolute Gasteiger partial charge is 0.251 e. The number of amides is 1. The number of carbonyl (C=O) groups is 1. The van der Waals surface area contributed by atoms with Gasteiger partial charge in [-0.3, -0.25) is 4.79 Å². The maximum atomic E-state index is 12.2. The molecule has 0 aliphatic rings. The van der Waals surface area contributed by atoms with E-state index < -0.39 is 0 Å². The van der Waals surface area contributed by atoms with Crippen LogP contribution >= 0.6 is 43.5 Å². The first-order chi connectivity index (χ1) is 9.45. The maximum Gasteiger partial charge on any atom is 0.251 e. The fourth-order valence-electron chi connectivity index (χ4n) is 1.80. The fourth-order valence-corrected chi connectivity index (χ4v) is 3.22. The van der Waals surface area contributed by atoms with Crippen LogP contribution in [-0.4, -0.2) is 5.91 Å². The zero-order valence-corrected chi connectivity index (χ0v) is 14.6. The Hall–Kier alpha value is -0.840. The standard InChI is InChI=1S/C15H12Br2ClNO/c1-9(10-2-4-14(18)5-3-10)19-15(20)11-6-12(16)8-13(17)7-11/h2-9H,1H3,(H,19,20). The second kappa shape index (κ2) is 6.74. The molecule has 0 aliphatic heterocycles. The van der Waals surface area contributed by atoms with E-state index >= 15 is 0 Å². The average molecular weight is 418 g/mol. The van der Waals surface area contributed by atoms with Gasteiger partial charge in [0.25, 0.3) is 5.91 Å². The first-order valence-corrected chi connectivity index (χ1v) is 7.94. The minimum atomic E-state index is -0.116. The van der Waals surface area contributed by atoms with E-state index in [1.54, 1.807) is 12.1 Å². The molecule has 2 aromatic rings. The Morgan fingerprint density at radius 1 is 1.10 bits per heavy atom. The lowest BCUT2D eigenvalue weighted by Crippen LogP contribution is -2.26. The first kappa shape index (κ1) is 15.5. The molecule has 5 heteroatoms. The average Bonchev–Trinajstić information content (AvgIpc) is 2.38. The highest BCUT2D eigenvalue weighted by Gasteiger charge is 2.12. The molecule has 0 saturated heterocycles. The van der Waals surface area contributed by atoms with Gasteiger partial charge >= 0.3 is 0 Å². The molecule has 0 heterocycles. The van der Waals surface area contributed by atoms with Crippen LogP contribution in [0, 0.1) is 0 Å². The highest BCUT2D eigenvalue weighted by atomic mass is 79.9. The van der Waals surface area contributed by atoms with Gasteiger partial charge in [0.1, 0.15) is 0 Å². The van der Waals surface area contributed by atoms with Crippen LogP contribution in [0.5, 0.6) is 0 Å². The van der Waals surface area contributed by atoms with Gasteiger partial charge in [-0.15, -0.1) is 0 Å². The van der Waals surface area contributed by atoms with E-state index in [2.05, 4.69) is 37.2 Å². The summed E-state index contributed by atoms with van der Waals surface area (Å²) in [5, 5.41) is 3.65. The van der Waals surface area contributed by atoms with Gasteiger partial charge in [-0.1, -0.05) is 55.6 Å². The number of halogens is 3. The van der Waals surface area contributed by atoms with E-state index in [4.69, 9.17) is 11.6 Å². The summed E-state index contributed by atoms with van der Waals surface area (Å²) < 4.78 is 1.72. The number of benzene rings is 2. The zero-order valence-electron chi connectivity index (χ0n) is 10.7. The molecule has 104 valence electrons. The van der Waals surface area contributed by atoms with Crippen LogP contribution in [0.2, 0.25) is 5.02 Å². The molecule has 0 saturated carbocycles. The molecule has 0 spiro atoms. The topological polar surface area (TPSA) is 29.1 Å². The van der Waals surface area contributed by atoms with Crippen molar-refractivity contribution in [1.29, 1.82) is 0 Å². The Balaban J connectivity index is 2.12. The third-order valence-corrected chi connectivity index (χ3v) is 4.01. The lowest BCUT2D eigenvalue weighted by atomic mass is 10.1. The van der Waals surface area contributed by atoms with Crippen LogP contribution in [0.4, 0.5) is 0 Å². The number of carbonyl (C=O) groups excluding carboxylic acids is 1. The van der Waals surface area contributed by atoms with Gasteiger partial charge in [0.15, 0.2) is 0 Å². The number of hydrogen-bond donors (Lipinski definition) is 1. The summed E-state index contributed by atoms with van der Waals surface area (Å²) in [6.45, 7) is 1.94. The molecule has 0 radical (unpaired) electrons. The molecule has 1 unspecified atom stereocenters. The zero-order chi connectivity index (χ0) is 14.7.